The first-order chi connectivity index (χ1) is 10.6. The van der Waals surface area contributed by atoms with Crippen molar-refractivity contribution in [1.29, 1.82) is 0 Å². The summed E-state index contributed by atoms with van der Waals surface area (Å²) in [5.41, 5.74) is 0.346. The van der Waals surface area contributed by atoms with Crippen molar-refractivity contribution in [1.82, 2.24) is 4.90 Å². The Morgan fingerprint density at radius 1 is 1.18 bits per heavy atom. The number of piperidine rings is 1. The molecule has 0 amide bonds. The van der Waals surface area contributed by atoms with Gasteiger partial charge >= 0.3 is 0 Å². The molecule has 0 bridgehead atoms. The lowest BCUT2D eigenvalue weighted by Crippen LogP contribution is -2.74. The Kier molecular flexibility index (Phi) is 5.24. The van der Waals surface area contributed by atoms with Gasteiger partial charge in [-0.15, -0.1) is 0 Å². The number of hydrogen-bond donors (Lipinski definition) is 0. The summed E-state index contributed by atoms with van der Waals surface area (Å²) in [6.45, 7) is 9.06. The number of fused-ring (bicyclic) bond motifs is 2. The fourth-order valence-corrected chi connectivity index (χ4v) is 5.82. The van der Waals surface area contributed by atoms with Crippen LogP contribution in [0.25, 0.3) is 0 Å². The normalized spacial score (nSPS) is 39.1. The Bertz CT molecular complexity index is 368. The van der Waals surface area contributed by atoms with E-state index in [-0.39, 0.29) is 0 Å². The number of nitrogens with zero attached hydrogens (tertiary/aromatic N) is 1. The second kappa shape index (κ2) is 6.85. The van der Waals surface area contributed by atoms with Gasteiger partial charge in [0.1, 0.15) is 0 Å². The molecular formula is C19H34BNO. The highest BCUT2D eigenvalue weighted by Gasteiger charge is 2.57. The monoisotopic (exact) mass is 303 g/mol. The molecule has 4 unspecified atom stereocenters. The third kappa shape index (κ3) is 2.88. The van der Waals surface area contributed by atoms with Gasteiger partial charge in [-0.3, -0.25) is 4.90 Å². The highest BCUT2D eigenvalue weighted by atomic mass is 16.5. The van der Waals surface area contributed by atoms with Gasteiger partial charge in [-0.25, -0.2) is 0 Å². The lowest BCUT2D eigenvalue weighted by molar-refractivity contribution is -0.227. The molecule has 1 saturated carbocycles. The van der Waals surface area contributed by atoms with Crippen molar-refractivity contribution in [3.63, 3.8) is 0 Å². The molecule has 2 heterocycles. The molecular weight excluding hydrogens is 269 g/mol. The summed E-state index contributed by atoms with van der Waals surface area (Å²) in [5, 5.41) is 0. The van der Waals surface area contributed by atoms with E-state index in [1.807, 2.05) is 0 Å². The molecule has 2 nitrogen and oxygen atoms in total. The van der Waals surface area contributed by atoms with E-state index >= 15 is 0 Å². The Balaban J connectivity index is 1.87. The molecule has 2 saturated heterocycles. The summed E-state index contributed by atoms with van der Waals surface area (Å²) in [5.74, 6) is 2.16. The second-order valence-electron chi connectivity index (χ2n) is 8.41. The summed E-state index contributed by atoms with van der Waals surface area (Å²) in [6, 6.07) is 1.39. The lowest BCUT2D eigenvalue weighted by atomic mass is 9.60. The Morgan fingerprint density at radius 2 is 1.95 bits per heavy atom. The SMILES string of the molecule is [B]C1CCCC2C(CC1)CC(CCC)N(C(C)C)C21COC1. The largest absolute Gasteiger partial charge is 0.377 e. The molecule has 2 aliphatic heterocycles. The van der Waals surface area contributed by atoms with Crippen molar-refractivity contribution in [2.45, 2.75) is 95.6 Å². The van der Waals surface area contributed by atoms with Gasteiger partial charge in [0.2, 0.25) is 0 Å². The van der Waals surface area contributed by atoms with Crippen LogP contribution in [0.4, 0.5) is 0 Å². The predicted molar refractivity (Wildman–Crippen MR) is 93.4 cm³/mol. The Labute approximate surface area is 138 Å². The minimum Gasteiger partial charge on any atom is -0.377 e. The van der Waals surface area contributed by atoms with Crippen molar-refractivity contribution in [3.8, 4) is 0 Å². The van der Waals surface area contributed by atoms with E-state index in [9.17, 15) is 0 Å². The molecule has 0 N–H and O–H groups in total. The zero-order valence-electron chi connectivity index (χ0n) is 14.9. The van der Waals surface area contributed by atoms with E-state index in [1.54, 1.807) is 0 Å². The first-order valence-electron chi connectivity index (χ1n) is 9.70. The van der Waals surface area contributed by atoms with Crippen LogP contribution in [-0.4, -0.2) is 43.6 Å². The molecule has 1 aliphatic carbocycles. The predicted octanol–water partition coefficient (Wildman–Crippen LogP) is 4.19. The molecule has 1 spiro atoms. The zero-order chi connectivity index (χ0) is 15.7. The fourth-order valence-electron chi connectivity index (χ4n) is 5.82. The summed E-state index contributed by atoms with van der Waals surface area (Å²) in [7, 11) is 6.27. The molecule has 2 radical (unpaired) electrons. The standard InChI is InChI=1S/C19H34BNO/c1-4-6-17-11-15-9-10-16(20)7-5-8-18(15)19(12-22-13-19)21(17)14(2)3/h14-18H,4-13H2,1-3H3. The summed E-state index contributed by atoms with van der Waals surface area (Å²) >= 11 is 0. The number of rotatable bonds is 3. The van der Waals surface area contributed by atoms with Crippen molar-refractivity contribution in [3.05, 3.63) is 0 Å². The third-order valence-electron chi connectivity index (χ3n) is 6.62. The number of ether oxygens (including phenoxy) is 1. The van der Waals surface area contributed by atoms with Crippen LogP contribution in [0.1, 0.15) is 72.1 Å². The van der Waals surface area contributed by atoms with Crippen molar-refractivity contribution in [2.75, 3.05) is 13.2 Å². The molecule has 4 atom stereocenters. The maximum atomic E-state index is 6.27. The Hall–Kier alpha value is -0.0151. The van der Waals surface area contributed by atoms with Gasteiger partial charge in [0, 0.05) is 12.1 Å². The minimum atomic E-state index is 0.346. The van der Waals surface area contributed by atoms with Crippen LogP contribution >= 0.6 is 0 Å². The van der Waals surface area contributed by atoms with E-state index in [1.165, 1.54) is 51.4 Å². The second-order valence-corrected chi connectivity index (χ2v) is 8.41. The van der Waals surface area contributed by atoms with Crippen molar-refractivity contribution in [2.24, 2.45) is 11.8 Å². The summed E-state index contributed by atoms with van der Waals surface area (Å²) < 4.78 is 5.80. The summed E-state index contributed by atoms with van der Waals surface area (Å²) in [6.07, 6.45) is 10.5. The maximum Gasteiger partial charge on any atom is 0.0714 e. The smallest absolute Gasteiger partial charge is 0.0714 e. The van der Waals surface area contributed by atoms with Gasteiger partial charge in [-0.05, 0) is 44.9 Å². The van der Waals surface area contributed by atoms with Gasteiger partial charge in [-0.2, -0.15) is 0 Å². The molecule has 3 rings (SSSR count). The van der Waals surface area contributed by atoms with Gasteiger partial charge in [0.25, 0.3) is 0 Å². The zero-order valence-corrected chi connectivity index (χ0v) is 14.9. The van der Waals surface area contributed by atoms with Crippen LogP contribution in [0.15, 0.2) is 0 Å². The van der Waals surface area contributed by atoms with E-state index in [2.05, 4.69) is 25.7 Å². The van der Waals surface area contributed by atoms with Crippen molar-refractivity contribution < 1.29 is 4.74 Å². The van der Waals surface area contributed by atoms with E-state index in [4.69, 9.17) is 12.6 Å². The highest BCUT2D eigenvalue weighted by molar-refractivity contribution is 6.11. The molecule has 22 heavy (non-hydrogen) atoms. The van der Waals surface area contributed by atoms with Crippen LogP contribution in [0, 0.1) is 11.8 Å². The molecule has 3 aliphatic rings. The van der Waals surface area contributed by atoms with Gasteiger partial charge < -0.3 is 4.74 Å². The molecule has 3 heteroatoms. The summed E-state index contributed by atoms with van der Waals surface area (Å²) in [4.78, 5) is 2.88. The van der Waals surface area contributed by atoms with Crippen molar-refractivity contribution >= 4 is 7.85 Å². The average molecular weight is 303 g/mol. The molecule has 0 aromatic heterocycles. The van der Waals surface area contributed by atoms with Crippen LogP contribution < -0.4 is 0 Å². The van der Waals surface area contributed by atoms with E-state index in [0.717, 1.165) is 31.1 Å². The quantitative estimate of drug-likeness (QED) is 0.725. The first-order valence-corrected chi connectivity index (χ1v) is 9.70. The third-order valence-corrected chi connectivity index (χ3v) is 6.62. The van der Waals surface area contributed by atoms with Crippen LogP contribution in [0.3, 0.4) is 0 Å². The van der Waals surface area contributed by atoms with Crippen LogP contribution in [-0.2, 0) is 4.74 Å². The molecule has 3 fully saturated rings. The first kappa shape index (κ1) is 16.8. The maximum absolute atomic E-state index is 6.27. The average Bonchev–Trinajstić information content (AvgIpc) is 2.41. The lowest BCUT2D eigenvalue weighted by Gasteiger charge is -2.64. The molecule has 124 valence electrons. The number of likely N-dealkylation sites (tertiary alicyclic amines) is 1. The van der Waals surface area contributed by atoms with Crippen LogP contribution in [0.5, 0.6) is 0 Å². The highest BCUT2D eigenvalue weighted by Crippen LogP contribution is 2.51. The molecule has 0 aromatic carbocycles. The van der Waals surface area contributed by atoms with Gasteiger partial charge in [0.15, 0.2) is 0 Å². The fraction of sp³-hybridized carbons (Fsp3) is 1.00. The van der Waals surface area contributed by atoms with Gasteiger partial charge in [0.05, 0.1) is 26.6 Å². The Morgan fingerprint density at radius 3 is 2.55 bits per heavy atom. The topological polar surface area (TPSA) is 12.5 Å². The van der Waals surface area contributed by atoms with E-state index in [0.29, 0.717) is 17.4 Å². The molecule has 0 aromatic rings. The minimum absolute atomic E-state index is 0.346. The van der Waals surface area contributed by atoms with E-state index < -0.39 is 0 Å². The van der Waals surface area contributed by atoms with Gasteiger partial charge in [-0.1, -0.05) is 44.8 Å². The number of hydrogen-bond acceptors (Lipinski definition) is 2. The van der Waals surface area contributed by atoms with Crippen LogP contribution in [0.2, 0.25) is 5.82 Å².